The molecule has 0 aliphatic carbocycles. The summed E-state index contributed by atoms with van der Waals surface area (Å²) in [6.45, 7) is 8.70. The van der Waals surface area contributed by atoms with Gasteiger partial charge in [0.1, 0.15) is 0 Å². The van der Waals surface area contributed by atoms with Crippen LogP contribution in [0.15, 0.2) is 24.3 Å². The lowest BCUT2D eigenvalue weighted by Gasteiger charge is -2.32. The summed E-state index contributed by atoms with van der Waals surface area (Å²) < 4.78 is 5.19. The van der Waals surface area contributed by atoms with E-state index in [1.165, 1.54) is 5.56 Å². The van der Waals surface area contributed by atoms with Crippen molar-refractivity contribution in [1.82, 2.24) is 4.90 Å². The lowest BCUT2D eigenvalue weighted by molar-refractivity contribution is 0.0608. The van der Waals surface area contributed by atoms with Crippen molar-refractivity contribution in [3.63, 3.8) is 0 Å². The van der Waals surface area contributed by atoms with Crippen LogP contribution in [0.2, 0.25) is 0 Å². The van der Waals surface area contributed by atoms with Gasteiger partial charge >= 0.3 is 0 Å². The molecule has 1 atom stereocenters. The second-order valence-corrected chi connectivity index (χ2v) is 5.38. The van der Waals surface area contributed by atoms with E-state index in [0.717, 1.165) is 24.9 Å². The van der Waals surface area contributed by atoms with Crippen molar-refractivity contribution in [2.24, 2.45) is 0 Å². The monoisotopic (exact) mass is 279 g/mol. The molecule has 0 bridgehead atoms. The molecule has 0 aliphatic rings. The second-order valence-electron chi connectivity index (χ2n) is 5.38. The van der Waals surface area contributed by atoms with Crippen LogP contribution in [0.5, 0.6) is 0 Å². The molecule has 1 aromatic carbocycles. The van der Waals surface area contributed by atoms with Crippen molar-refractivity contribution in [3.8, 4) is 0 Å². The van der Waals surface area contributed by atoms with Crippen LogP contribution in [-0.2, 0) is 4.74 Å². The zero-order valence-corrected chi connectivity index (χ0v) is 13.3. The fourth-order valence-electron chi connectivity index (χ4n) is 2.55. The molecule has 0 saturated heterocycles. The zero-order chi connectivity index (χ0) is 15.0. The van der Waals surface area contributed by atoms with Crippen molar-refractivity contribution >= 4 is 0 Å². The number of aliphatic hydroxyl groups is 1. The first kappa shape index (κ1) is 17.2. The van der Waals surface area contributed by atoms with E-state index >= 15 is 0 Å². The average Bonchev–Trinajstić information content (AvgIpc) is 2.46. The second kappa shape index (κ2) is 9.11. The molecule has 0 amide bonds. The highest BCUT2D eigenvalue weighted by atomic mass is 16.5. The van der Waals surface area contributed by atoms with Crippen molar-refractivity contribution in [1.29, 1.82) is 0 Å². The third-order valence-corrected chi connectivity index (χ3v) is 3.91. The Morgan fingerprint density at radius 2 is 1.75 bits per heavy atom. The molecule has 3 heteroatoms. The van der Waals surface area contributed by atoms with Crippen molar-refractivity contribution in [2.45, 2.75) is 45.8 Å². The van der Waals surface area contributed by atoms with Crippen LogP contribution in [0.25, 0.3) is 0 Å². The predicted octanol–water partition coefficient (Wildman–Crippen LogP) is 3.17. The Bertz CT molecular complexity index is 360. The normalized spacial score (nSPS) is 13.2. The highest BCUT2D eigenvalue weighted by Gasteiger charge is 2.19. The van der Waals surface area contributed by atoms with E-state index in [4.69, 9.17) is 4.74 Å². The van der Waals surface area contributed by atoms with Crippen LogP contribution < -0.4 is 0 Å². The van der Waals surface area contributed by atoms with Crippen molar-refractivity contribution < 1.29 is 9.84 Å². The minimum Gasteiger partial charge on any atom is -0.387 e. The Morgan fingerprint density at radius 1 is 1.15 bits per heavy atom. The Labute approximate surface area is 123 Å². The number of aliphatic hydroxyl groups excluding tert-OH is 1. The fraction of sp³-hybridized carbons (Fsp3) is 0.647. The van der Waals surface area contributed by atoms with Gasteiger partial charge in [0.2, 0.25) is 0 Å². The smallest absolute Gasteiger partial charge is 0.0917 e. The summed E-state index contributed by atoms with van der Waals surface area (Å²) in [6, 6.07) is 8.64. The number of ether oxygens (including phenoxy) is 1. The molecule has 0 heterocycles. The fourth-order valence-corrected chi connectivity index (χ4v) is 2.55. The summed E-state index contributed by atoms with van der Waals surface area (Å²) in [5.41, 5.74) is 2.21. The molecule has 1 unspecified atom stereocenters. The van der Waals surface area contributed by atoms with E-state index in [2.05, 4.69) is 37.8 Å². The molecule has 0 radical (unpaired) electrons. The molecular weight excluding hydrogens is 250 g/mol. The Morgan fingerprint density at radius 3 is 2.25 bits per heavy atom. The lowest BCUT2D eigenvalue weighted by Crippen LogP contribution is -2.39. The minimum absolute atomic E-state index is 0.437. The first-order chi connectivity index (χ1) is 9.62. The van der Waals surface area contributed by atoms with Gasteiger partial charge in [-0.15, -0.1) is 0 Å². The van der Waals surface area contributed by atoms with Gasteiger partial charge in [-0.1, -0.05) is 43.7 Å². The Hall–Kier alpha value is -0.900. The van der Waals surface area contributed by atoms with Crippen molar-refractivity contribution in [2.75, 3.05) is 26.8 Å². The average molecular weight is 279 g/mol. The highest BCUT2D eigenvalue weighted by Crippen LogP contribution is 2.18. The van der Waals surface area contributed by atoms with Crippen LogP contribution >= 0.6 is 0 Å². The van der Waals surface area contributed by atoms with E-state index < -0.39 is 6.10 Å². The minimum atomic E-state index is -0.437. The summed E-state index contributed by atoms with van der Waals surface area (Å²) in [7, 11) is 1.72. The first-order valence-corrected chi connectivity index (χ1v) is 7.59. The molecule has 114 valence electrons. The van der Waals surface area contributed by atoms with E-state index in [-0.39, 0.29) is 0 Å². The lowest BCUT2D eigenvalue weighted by atomic mass is 10.0. The van der Waals surface area contributed by atoms with Gasteiger partial charge in [-0.2, -0.15) is 0 Å². The maximum atomic E-state index is 10.4. The third kappa shape index (κ3) is 5.23. The Balaban J connectivity index is 2.69. The van der Waals surface area contributed by atoms with Crippen molar-refractivity contribution in [3.05, 3.63) is 35.4 Å². The van der Waals surface area contributed by atoms with E-state index in [0.29, 0.717) is 19.2 Å². The molecule has 0 spiro atoms. The highest BCUT2D eigenvalue weighted by molar-refractivity contribution is 5.23. The maximum absolute atomic E-state index is 10.4. The van der Waals surface area contributed by atoms with Crippen LogP contribution in [0.4, 0.5) is 0 Å². The SMILES string of the molecule is CCC(CC)N(CCOC)CC(O)c1ccc(C)cc1. The summed E-state index contributed by atoms with van der Waals surface area (Å²) in [4.78, 5) is 2.34. The molecule has 0 aliphatic heterocycles. The number of rotatable bonds is 9. The summed E-state index contributed by atoms with van der Waals surface area (Å²) >= 11 is 0. The van der Waals surface area contributed by atoms with Gasteiger partial charge in [-0.25, -0.2) is 0 Å². The number of hydrogen-bond acceptors (Lipinski definition) is 3. The maximum Gasteiger partial charge on any atom is 0.0917 e. The Kier molecular flexibility index (Phi) is 7.82. The van der Waals surface area contributed by atoms with Gasteiger partial charge in [-0.3, -0.25) is 4.90 Å². The number of nitrogens with zero attached hydrogens (tertiary/aromatic N) is 1. The van der Waals surface area contributed by atoms with Gasteiger partial charge in [0.15, 0.2) is 0 Å². The van der Waals surface area contributed by atoms with E-state index in [1.54, 1.807) is 7.11 Å². The molecule has 3 nitrogen and oxygen atoms in total. The number of methoxy groups -OCH3 is 1. The third-order valence-electron chi connectivity index (χ3n) is 3.91. The molecule has 1 N–H and O–H groups in total. The molecule has 0 fully saturated rings. The molecule has 20 heavy (non-hydrogen) atoms. The quantitative estimate of drug-likeness (QED) is 0.753. The van der Waals surface area contributed by atoms with Crippen LogP contribution in [-0.4, -0.2) is 42.9 Å². The number of benzene rings is 1. The van der Waals surface area contributed by atoms with Crippen LogP contribution in [0.3, 0.4) is 0 Å². The van der Waals surface area contributed by atoms with Crippen LogP contribution in [0, 0.1) is 6.92 Å². The number of hydrogen-bond donors (Lipinski definition) is 1. The van der Waals surface area contributed by atoms with Gasteiger partial charge in [-0.05, 0) is 25.3 Å². The van der Waals surface area contributed by atoms with E-state index in [1.807, 2.05) is 12.1 Å². The number of aryl methyl sites for hydroxylation is 1. The standard InChI is InChI=1S/C17H29NO2/c1-5-16(6-2)18(11-12-20-4)13-17(19)15-9-7-14(3)8-10-15/h7-10,16-17,19H,5-6,11-13H2,1-4H3. The zero-order valence-electron chi connectivity index (χ0n) is 13.3. The molecule has 1 aromatic rings. The molecule has 1 rings (SSSR count). The largest absolute Gasteiger partial charge is 0.387 e. The predicted molar refractivity (Wildman–Crippen MR) is 84.0 cm³/mol. The first-order valence-electron chi connectivity index (χ1n) is 7.59. The summed E-state index contributed by atoms with van der Waals surface area (Å²) in [5.74, 6) is 0. The van der Waals surface area contributed by atoms with Crippen LogP contribution in [0.1, 0.15) is 43.9 Å². The molecular formula is C17H29NO2. The van der Waals surface area contributed by atoms with Gasteiger partial charge in [0.05, 0.1) is 12.7 Å². The topological polar surface area (TPSA) is 32.7 Å². The summed E-state index contributed by atoms with van der Waals surface area (Å²) in [6.07, 6.45) is 1.76. The van der Waals surface area contributed by atoms with Gasteiger partial charge in [0.25, 0.3) is 0 Å². The van der Waals surface area contributed by atoms with E-state index in [9.17, 15) is 5.11 Å². The molecule has 0 saturated carbocycles. The molecule has 0 aromatic heterocycles. The van der Waals surface area contributed by atoms with Gasteiger partial charge < -0.3 is 9.84 Å². The van der Waals surface area contributed by atoms with Gasteiger partial charge in [0, 0.05) is 26.2 Å². The summed E-state index contributed by atoms with van der Waals surface area (Å²) in [5, 5.41) is 10.4.